The summed E-state index contributed by atoms with van der Waals surface area (Å²) in [5.41, 5.74) is 0. The van der Waals surface area contributed by atoms with Crippen LogP contribution in [0.1, 0.15) is 341 Å². The second-order valence-corrected chi connectivity index (χ2v) is 30.6. The van der Waals surface area contributed by atoms with Crippen molar-refractivity contribution in [2.45, 2.75) is 446 Å². The molecule has 0 aromatic rings. The van der Waals surface area contributed by atoms with E-state index in [9.17, 15) is 61.0 Å². The molecule has 17 atom stereocenters. The molecule has 106 heavy (non-hydrogen) atoms. The number of rotatable bonds is 69. The predicted octanol–water partition coefficient (Wildman–Crippen LogP) is 15.6. The summed E-state index contributed by atoms with van der Waals surface area (Å²) in [6.07, 6.45) is 61.8. The first kappa shape index (κ1) is 97.4. The van der Waals surface area contributed by atoms with E-state index in [0.717, 1.165) is 83.5 Å². The van der Waals surface area contributed by atoms with E-state index < -0.39 is 124 Å². The summed E-state index contributed by atoms with van der Waals surface area (Å²) >= 11 is 0. The largest absolute Gasteiger partial charge is 0.394 e. The molecule has 3 saturated heterocycles. The Morgan fingerprint density at radius 1 is 0.349 bits per heavy atom. The first-order valence-electron chi connectivity index (χ1n) is 43.2. The molecule has 3 fully saturated rings. The van der Waals surface area contributed by atoms with Gasteiger partial charge in [0.15, 0.2) is 18.9 Å². The van der Waals surface area contributed by atoms with Gasteiger partial charge in [0.2, 0.25) is 5.91 Å². The molecule has 0 aliphatic carbocycles. The maximum absolute atomic E-state index is 13.5. The smallest absolute Gasteiger partial charge is 0.220 e. The second-order valence-electron chi connectivity index (χ2n) is 30.6. The molecule has 19 heteroatoms. The fourth-order valence-corrected chi connectivity index (χ4v) is 14.4. The molecule has 12 N–H and O–H groups in total. The zero-order valence-electron chi connectivity index (χ0n) is 66.4. The normalized spacial score (nSPS) is 26.0. The molecular weight excluding hydrogens is 1350 g/mol. The van der Waals surface area contributed by atoms with Crippen LogP contribution in [-0.4, -0.2) is 193 Å². The van der Waals surface area contributed by atoms with Crippen molar-refractivity contribution in [1.82, 2.24) is 5.32 Å². The van der Waals surface area contributed by atoms with Crippen LogP contribution in [0.25, 0.3) is 0 Å². The average Bonchev–Trinajstić information content (AvgIpc) is 0.781. The summed E-state index contributed by atoms with van der Waals surface area (Å²) in [5, 5.41) is 121. The average molecular weight is 1510 g/mol. The summed E-state index contributed by atoms with van der Waals surface area (Å²) in [5.74, 6) is -0.275. The number of unbranched alkanes of at least 4 members (excludes halogenated alkanes) is 43. The lowest BCUT2D eigenvalue weighted by Crippen LogP contribution is -2.66. The molecule has 0 aromatic heterocycles. The van der Waals surface area contributed by atoms with Crippen LogP contribution in [0.3, 0.4) is 0 Å². The standard InChI is InChI=1S/C87H157NO18/c1-3-5-7-9-11-13-15-17-19-21-23-25-27-29-31-33-34-35-37-38-40-42-44-46-48-50-52-54-56-58-60-62-64-71(92)70(88-75(93)65-63-61-59-57-55-53-51-49-47-45-43-41-39-36-32-30-28-26-24-22-20-18-16-14-12-10-8-6-4-2)69-101-85-81(99)78(96)83(73(67-90)103-85)106-87-82(100)79(97)84(74(68-91)104-87)105-86-80(98)77(95)76(94)72(66-89)102-86/h6,8,12,14,18,20,24,26,30,32,62,64,70-74,76-87,89-92,94-100H,3-5,7,9-11,13,15-17,19,21-23,25,27-29,31,33-61,63,65-69H2,1-2H3,(H,88,93)/b8-6-,14-12-,20-18-,26-24-,32-30-,64-62+. The first-order valence-corrected chi connectivity index (χ1v) is 43.2. The highest BCUT2D eigenvalue weighted by Crippen LogP contribution is 2.33. The van der Waals surface area contributed by atoms with Crippen LogP contribution < -0.4 is 5.32 Å². The highest BCUT2D eigenvalue weighted by atomic mass is 16.8. The quantitative estimate of drug-likeness (QED) is 0.0199. The van der Waals surface area contributed by atoms with Crippen molar-refractivity contribution in [2.75, 3.05) is 26.4 Å². The van der Waals surface area contributed by atoms with Gasteiger partial charge in [-0.25, -0.2) is 0 Å². The number of hydrogen-bond donors (Lipinski definition) is 12. The van der Waals surface area contributed by atoms with E-state index in [1.54, 1.807) is 6.08 Å². The molecule has 0 radical (unpaired) electrons. The number of aliphatic hydroxyl groups excluding tert-OH is 11. The summed E-state index contributed by atoms with van der Waals surface area (Å²) in [4.78, 5) is 13.5. The van der Waals surface area contributed by atoms with Crippen molar-refractivity contribution in [3.05, 3.63) is 72.9 Å². The van der Waals surface area contributed by atoms with E-state index in [1.165, 1.54) is 231 Å². The van der Waals surface area contributed by atoms with Crippen molar-refractivity contribution < 1.29 is 89.4 Å². The lowest BCUT2D eigenvalue weighted by molar-refractivity contribution is -0.379. The van der Waals surface area contributed by atoms with Crippen molar-refractivity contribution in [3.8, 4) is 0 Å². The van der Waals surface area contributed by atoms with Crippen LogP contribution in [0.15, 0.2) is 72.9 Å². The maximum Gasteiger partial charge on any atom is 0.220 e. The SMILES string of the molecule is CC/C=C\C/C=C\C/C=C\C/C=C\C/C=C\CCCCCCCCCCCCCCCC(=O)NC(COC1OC(CO)C(OC2OC(CO)C(OC3OC(CO)C(O)C(O)C3O)C(O)C2O)C(O)C1O)C(O)/C=C/CCCCCCCCCCCCCCCCCCCCCCCCCCCCCCCC. The predicted molar refractivity (Wildman–Crippen MR) is 425 cm³/mol. The van der Waals surface area contributed by atoms with Gasteiger partial charge in [0, 0.05) is 6.42 Å². The molecule has 0 spiro atoms. The summed E-state index contributed by atoms with van der Waals surface area (Å²) in [7, 11) is 0. The molecule has 3 heterocycles. The molecule has 17 unspecified atom stereocenters. The highest BCUT2D eigenvalue weighted by Gasteiger charge is 2.54. The second kappa shape index (κ2) is 66.8. The van der Waals surface area contributed by atoms with E-state index in [1.807, 2.05) is 6.08 Å². The Balaban J connectivity index is 1.35. The van der Waals surface area contributed by atoms with Gasteiger partial charge in [0.25, 0.3) is 0 Å². The van der Waals surface area contributed by atoms with E-state index in [4.69, 9.17) is 28.4 Å². The fraction of sp³-hybridized carbons (Fsp3) is 0.851. The van der Waals surface area contributed by atoms with E-state index in [0.29, 0.717) is 6.42 Å². The lowest BCUT2D eigenvalue weighted by Gasteiger charge is -2.48. The van der Waals surface area contributed by atoms with Gasteiger partial charge in [0.05, 0.1) is 38.6 Å². The van der Waals surface area contributed by atoms with E-state index >= 15 is 0 Å². The molecule has 3 aliphatic rings. The molecular formula is C87H157NO18. The number of aliphatic hydroxyl groups is 11. The monoisotopic (exact) mass is 1500 g/mol. The van der Waals surface area contributed by atoms with Crippen LogP contribution in [0.4, 0.5) is 0 Å². The van der Waals surface area contributed by atoms with Crippen molar-refractivity contribution in [1.29, 1.82) is 0 Å². The Morgan fingerprint density at radius 2 is 0.651 bits per heavy atom. The van der Waals surface area contributed by atoms with Crippen molar-refractivity contribution in [3.63, 3.8) is 0 Å². The molecule has 19 nitrogen and oxygen atoms in total. The molecule has 3 rings (SSSR count). The molecule has 0 aromatic carbocycles. The highest BCUT2D eigenvalue weighted by molar-refractivity contribution is 5.76. The van der Waals surface area contributed by atoms with Gasteiger partial charge in [-0.15, -0.1) is 0 Å². The number of ether oxygens (including phenoxy) is 6. The Morgan fingerprint density at radius 3 is 1.02 bits per heavy atom. The molecule has 0 bridgehead atoms. The topological polar surface area (TPSA) is 307 Å². The Kier molecular flexibility index (Phi) is 61.4. The number of carbonyl (C=O) groups is 1. The number of nitrogens with one attached hydrogen (secondary N) is 1. The van der Waals surface area contributed by atoms with Gasteiger partial charge in [0.1, 0.15) is 73.2 Å². The van der Waals surface area contributed by atoms with Crippen LogP contribution in [0.5, 0.6) is 0 Å². The molecule has 1 amide bonds. The number of allylic oxidation sites excluding steroid dienone is 11. The van der Waals surface area contributed by atoms with Gasteiger partial charge in [-0.1, -0.05) is 344 Å². The summed E-state index contributed by atoms with van der Waals surface area (Å²) < 4.78 is 34.5. The Hall–Kier alpha value is -2.77. The third kappa shape index (κ3) is 45.7. The van der Waals surface area contributed by atoms with Crippen molar-refractivity contribution in [2.24, 2.45) is 0 Å². The zero-order valence-corrected chi connectivity index (χ0v) is 66.4. The zero-order chi connectivity index (χ0) is 76.7. The third-order valence-corrected chi connectivity index (χ3v) is 21.3. The van der Waals surface area contributed by atoms with E-state index in [-0.39, 0.29) is 18.9 Å². The van der Waals surface area contributed by atoms with Gasteiger partial charge in [-0.3, -0.25) is 4.79 Å². The van der Waals surface area contributed by atoms with Gasteiger partial charge >= 0.3 is 0 Å². The number of hydrogen-bond acceptors (Lipinski definition) is 18. The van der Waals surface area contributed by atoms with Crippen LogP contribution >= 0.6 is 0 Å². The molecule has 618 valence electrons. The van der Waals surface area contributed by atoms with Crippen LogP contribution in [-0.2, 0) is 33.2 Å². The van der Waals surface area contributed by atoms with Gasteiger partial charge in [-0.05, 0) is 64.2 Å². The molecule has 0 saturated carbocycles. The lowest BCUT2D eigenvalue weighted by atomic mass is 9.96. The minimum Gasteiger partial charge on any atom is -0.394 e. The molecule has 3 aliphatic heterocycles. The Labute approximate surface area is 642 Å². The number of carbonyl (C=O) groups excluding carboxylic acids is 1. The maximum atomic E-state index is 13.5. The van der Waals surface area contributed by atoms with Crippen LogP contribution in [0, 0.1) is 0 Å². The minimum absolute atomic E-state index is 0.239. The van der Waals surface area contributed by atoms with E-state index in [2.05, 4.69) is 79.9 Å². The van der Waals surface area contributed by atoms with Crippen LogP contribution in [0.2, 0.25) is 0 Å². The Bertz CT molecular complexity index is 2190. The first-order chi connectivity index (χ1) is 51.8. The number of amides is 1. The minimum atomic E-state index is -1.98. The third-order valence-electron chi connectivity index (χ3n) is 21.3. The summed E-state index contributed by atoms with van der Waals surface area (Å²) in [6, 6.07) is -0.980. The fourth-order valence-electron chi connectivity index (χ4n) is 14.4. The van der Waals surface area contributed by atoms with Crippen molar-refractivity contribution >= 4 is 5.91 Å². The van der Waals surface area contributed by atoms with Gasteiger partial charge in [-0.2, -0.15) is 0 Å². The summed E-state index contributed by atoms with van der Waals surface area (Å²) in [6.45, 7) is 1.67. The van der Waals surface area contributed by atoms with Gasteiger partial charge < -0.3 is 89.9 Å².